The standard InChI is InChI=1S/C13H18N4O2/c1-10(18)7-8-16(2)9-17-13(19)11-5-3-4-6-12(11)14-15-17/h3-6,10,18H,7-9H2,1-2H3. The zero-order valence-electron chi connectivity index (χ0n) is 11.2. The molecule has 19 heavy (non-hydrogen) atoms. The van der Waals surface area contributed by atoms with Crippen molar-refractivity contribution in [3.8, 4) is 0 Å². The molecule has 6 heteroatoms. The van der Waals surface area contributed by atoms with Crippen molar-refractivity contribution >= 4 is 10.9 Å². The molecule has 0 aliphatic heterocycles. The molecule has 0 amide bonds. The van der Waals surface area contributed by atoms with E-state index in [0.717, 1.165) is 0 Å². The highest BCUT2D eigenvalue weighted by Crippen LogP contribution is 2.03. The van der Waals surface area contributed by atoms with Crippen molar-refractivity contribution in [3.05, 3.63) is 34.6 Å². The van der Waals surface area contributed by atoms with Gasteiger partial charge in [0.25, 0.3) is 5.56 Å². The lowest BCUT2D eigenvalue weighted by molar-refractivity contribution is 0.151. The summed E-state index contributed by atoms with van der Waals surface area (Å²) in [5, 5.41) is 17.8. The third-order valence-corrected chi connectivity index (χ3v) is 2.93. The van der Waals surface area contributed by atoms with Crippen LogP contribution in [0.15, 0.2) is 29.1 Å². The van der Waals surface area contributed by atoms with Crippen LogP contribution in [0.25, 0.3) is 10.9 Å². The van der Waals surface area contributed by atoms with Crippen LogP contribution in [0.5, 0.6) is 0 Å². The zero-order valence-corrected chi connectivity index (χ0v) is 11.2. The largest absolute Gasteiger partial charge is 0.393 e. The van der Waals surface area contributed by atoms with Crippen LogP contribution in [0.2, 0.25) is 0 Å². The second-order valence-electron chi connectivity index (χ2n) is 4.77. The summed E-state index contributed by atoms with van der Waals surface area (Å²) in [6.45, 7) is 2.80. The monoisotopic (exact) mass is 262 g/mol. The van der Waals surface area contributed by atoms with Crippen LogP contribution < -0.4 is 5.56 Å². The molecule has 0 saturated carbocycles. The van der Waals surface area contributed by atoms with E-state index >= 15 is 0 Å². The molecule has 1 atom stereocenters. The molecular weight excluding hydrogens is 244 g/mol. The highest BCUT2D eigenvalue weighted by molar-refractivity contribution is 5.76. The Morgan fingerprint density at radius 2 is 2.16 bits per heavy atom. The van der Waals surface area contributed by atoms with E-state index in [2.05, 4.69) is 10.3 Å². The average molecular weight is 262 g/mol. The highest BCUT2D eigenvalue weighted by Gasteiger charge is 2.07. The van der Waals surface area contributed by atoms with Gasteiger partial charge in [-0.25, -0.2) is 0 Å². The van der Waals surface area contributed by atoms with Gasteiger partial charge in [-0.05, 0) is 32.5 Å². The molecule has 0 saturated heterocycles. The van der Waals surface area contributed by atoms with Crippen molar-refractivity contribution < 1.29 is 5.11 Å². The molecule has 1 aromatic heterocycles. The summed E-state index contributed by atoms with van der Waals surface area (Å²) in [6.07, 6.45) is 0.313. The van der Waals surface area contributed by atoms with Gasteiger partial charge in [-0.15, -0.1) is 5.10 Å². The first-order chi connectivity index (χ1) is 9.08. The molecule has 2 rings (SSSR count). The summed E-state index contributed by atoms with van der Waals surface area (Å²) >= 11 is 0. The number of hydrogen-bond donors (Lipinski definition) is 1. The fraction of sp³-hybridized carbons (Fsp3) is 0.462. The number of aliphatic hydroxyl groups is 1. The molecule has 0 aliphatic rings. The van der Waals surface area contributed by atoms with Gasteiger partial charge in [0.2, 0.25) is 0 Å². The van der Waals surface area contributed by atoms with Crippen molar-refractivity contribution in [2.75, 3.05) is 13.6 Å². The highest BCUT2D eigenvalue weighted by atomic mass is 16.3. The minimum absolute atomic E-state index is 0.144. The molecule has 0 radical (unpaired) electrons. The maximum absolute atomic E-state index is 12.2. The van der Waals surface area contributed by atoms with Crippen LogP contribution in [-0.2, 0) is 6.67 Å². The smallest absolute Gasteiger partial charge is 0.278 e. The Kier molecular flexibility index (Phi) is 4.24. The number of aromatic nitrogens is 3. The van der Waals surface area contributed by atoms with Crippen molar-refractivity contribution in [1.82, 2.24) is 19.9 Å². The Morgan fingerprint density at radius 1 is 1.42 bits per heavy atom. The predicted molar refractivity (Wildman–Crippen MR) is 72.7 cm³/mol. The van der Waals surface area contributed by atoms with E-state index in [9.17, 15) is 9.90 Å². The van der Waals surface area contributed by atoms with Gasteiger partial charge in [-0.3, -0.25) is 9.69 Å². The maximum Gasteiger partial charge on any atom is 0.278 e. The van der Waals surface area contributed by atoms with Crippen LogP contribution in [0.3, 0.4) is 0 Å². The first-order valence-corrected chi connectivity index (χ1v) is 6.27. The quantitative estimate of drug-likeness (QED) is 0.847. The third kappa shape index (κ3) is 3.36. The van der Waals surface area contributed by atoms with Gasteiger partial charge in [0, 0.05) is 6.54 Å². The number of fused-ring (bicyclic) bond motifs is 1. The molecule has 0 fully saturated rings. The van der Waals surface area contributed by atoms with Gasteiger partial charge in [0.15, 0.2) is 0 Å². The summed E-state index contributed by atoms with van der Waals surface area (Å²) in [5.41, 5.74) is 0.463. The van der Waals surface area contributed by atoms with E-state index in [1.165, 1.54) is 4.68 Å². The number of rotatable bonds is 5. The SMILES string of the molecule is CC(O)CCN(C)Cn1nnc2ccccc2c1=O. The van der Waals surface area contributed by atoms with Crippen molar-refractivity contribution in [1.29, 1.82) is 0 Å². The molecule has 0 bridgehead atoms. The Labute approximate surface area is 111 Å². The summed E-state index contributed by atoms with van der Waals surface area (Å²) in [6, 6.07) is 7.16. The number of hydrogen-bond acceptors (Lipinski definition) is 5. The summed E-state index contributed by atoms with van der Waals surface area (Å²) in [5.74, 6) is 0. The van der Waals surface area contributed by atoms with Crippen LogP contribution in [0.1, 0.15) is 13.3 Å². The van der Waals surface area contributed by atoms with Crippen LogP contribution in [0.4, 0.5) is 0 Å². The van der Waals surface area contributed by atoms with Crippen LogP contribution in [-0.4, -0.2) is 44.7 Å². The second kappa shape index (κ2) is 5.90. The van der Waals surface area contributed by atoms with Gasteiger partial charge < -0.3 is 5.11 Å². The fourth-order valence-electron chi connectivity index (χ4n) is 1.82. The predicted octanol–water partition coefficient (Wildman–Crippen LogP) is 0.452. The fourth-order valence-corrected chi connectivity index (χ4v) is 1.82. The molecular formula is C13H18N4O2. The normalized spacial score (nSPS) is 13.1. The molecule has 1 unspecified atom stereocenters. The molecule has 1 aromatic carbocycles. The van der Waals surface area contributed by atoms with E-state index < -0.39 is 0 Å². The molecule has 0 aliphatic carbocycles. The van der Waals surface area contributed by atoms with E-state index in [4.69, 9.17) is 0 Å². The third-order valence-electron chi connectivity index (χ3n) is 2.93. The van der Waals surface area contributed by atoms with Crippen LogP contribution in [0, 0.1) is 0 Å². The molecule has 0 spiro atoms. The average Bonchev–Trinajstić information content (AvgIpc) is 2.40. The van der Waals surface area contributed by atoms with Crippen molar-refractivity contribution in [3.63, 3.8) is 0 Å². The van der Waals surface area contributed by atoms with Gasteiger partial charge in [-0.1, -0.05) is 17.3 Å². The van der Waals surface area contributed by atoms with E-state index in [0.29, 0.717) is 30.5 Å². The molecule has 102 valence electrons. The van der Waals surface area contributed by atoms with Gasteiger partial charge >= 0.3 is 0 Å². The topological polar surface area (TPSA) is 71.2 Å². The number of aliphatic hydroxyl groups excluding tert-OH is 1. The van der Waals surface area contributed by atoms with E-state index in [-0.39, 0.29) is 11.7 Å². The first-order valence-electron chi connectivity index (χ1n) is 6.27. The maximum atomic E-state index is 12.2. The number of benzene rings is 1. The summed E-state index contributed by atoms with van der Waals surface area (Å²) in [4.78, 5) is 14.1. The first kappa shape index (κ1) is 13.6. The molecule has 1 N–H and O–H groups in total. The van der Waals surface area contributed by atoms with Gasteiger partial charge in [-0.2, -0.15) is 4.68 Å². The Bertz CT molecular complexity index is 609. The van der Waals surface area contributed by atoms with Gasteiger partial charge in [0.05, 0.1) is 18.2 Å². The lowest BCUT2D eigenvalue weighted by Gasteiger charge is -2.17. The summed E-state index contributed by atoms with van der Waals surface area (Å²) in [7, 11) is 1.88. The lowest BCUT2D eigenvalue weighted by Crippen LogP contribution is -2.33. The molecule has 1 heterocycles. The number of nitrogens with zero attached hydrogens (tertiary/aromatic N) is 4. The Morgan fingerprint density at radius 3 is 2.89 bits per heavy atom. The Hall–Kier alpha value is -1.79. The minimum atomic E-state index is -0.346. The Balaban J connectivity index is 2.17. The molecule has 6 nitrogen and oxygen atoms in total. The van der Waals surface area contributed by atoms with Crippen molar-refractivity contribution in [2.45, 2.75) is 26.1 Å². The van der Waals surface area contributed by atoms with Crippen molar-refractivity contribution in [2.24, 2.45) is 0 Å². The lowest BCUT2D eigenvalue weighted by atomic mass is 10.2. The van der Waals surface area contributed by atoms with Crippen LogP contribution >= 0.6 is 0 Å². The minimum Gasteiger partial charge on any atom is -0.393 e. The molecule has 2 aromatic rings. The zero-order chi connectivity index (χ0) is 13.8. The van der Waals surface area contributed by atoms with Gasteiger partial charge in [0.1, 0.15) is 5.52 Å². The second-order valence-corrected chi connectivity index (χ2v) is 4.77. The summed E-state index contributed by atoms with van der Waals surface area (Å²) < 4.78 is 1.34. The van der Waals surface area contributed by atoms with E-state index in [1.54, 1.807) is 19.1 Å². The van der Waals surface area contributed by atoms with E-state index in [1.807, 2.05) is 24.1 Å².